The molecule has 1 saturated heterocycles. The summed E-state index contributed by atoms with van der Waals surface area (Å²) in [5.74, 6) is 0.823. The maximum atomic E-state index is 10.1. The van der Waals surface area contributed by atoms with Crippen molar-refractivity contribution in [1.29, 1.82) is 0 Å². The van der Waals surface area contributed by atoms with Gasteiger partial charge in [-0.25, -0.2) is 0 Å². The number of aliphatic hydroxyl groups is 1. The number of β-amino-alcohol motifs (C(OH)–C–C–N with tert-alkyl or cyclic N) is 1. The van der Waals surface area contributed by atoms with Crippen LogP contribution in [0.25, 0.3) is 0 Å². The lowest BCUT2D eigenvalue weighted by atomic mass is 10.2. The molecule has 0 radical (unpaired) electrons. The number of ether oxygens (including phenoxy) is 1. The Morgan fingerprint density at radius 1 is 1.10 bits per heavy atom. The Morgan fingerprint density at radius 3 is 2.29 bits per heavy atom. The summed E-state index contributed by atoms with van der Waals surface area (Å²) in [5.41, 5.74) is 1.21. The van der Waals surface area contributed by atoms with E-state index in [0.717, 1.165) is 31.9 Å². The lowest BCUT2D eigenvalue weighted by Crippen LogP contribution is -2.51. The fraction of sp³-hybridized carbons (Fsp3) is 0.647. The van der Waals surface area contributed by atoms with Gasteiger partial charge in [-0.3, -0.25) is 9.80 Å². The molecule has 0 spiro atoms. The van der Waals surface area contributed by atoms with Crippen LogP contribution in [0.5, 0.6) is 5.75 Å². The van der Waals surface area contributed by atoms with E-state index in [9.17, 15) is 5.11 Å². The zero-order valence-electron chi connectivity index (χ0n) is 13.5. The lowest BCUT2D eigenvalue weighted by Gasteiger charge is -2.37. The van der Waals surface area contributed by atoms with E-state index in [4.69, 9.17) is 4.74 Å². The lowest BCUT2D eigenvalue weighted by molar-refractivity contribution is 0.0400. The van der Waals surface area contributed by atoms with Gasteiger partial charge >= 0.3 is 0 Å². The summed E-state index contributed by atoms with van der Waals surface area (Å²) < 4.78 is 5.64. The Hall–Kier alpha value is -1.10. The molecule has 0 saturated carbocycles. The summed E-state index contributed by atoms with van der Waals surface area (Å²) >= 11 is 0. The Bertz CT molecular complexity index is 411. The van der Waals surface area contributed by atoms with Gasteiger partial charge in [-0.15, -0.1) is 0 Å². The smallest absolute Gasteiger partial charge is 0.119 e. The Labute approximate surface area is 128 Å². The van der Waals surface area contributed by atoms with Crippen molar-refractivity contribution in [3.05, 3.63) is 29.8 Å². The first kappa shape index (κ1) is 16.3. The minimum absolute atomic E-state index is 0.355. The van der Waals surface area contributed by atoms with Gasteiger partial charge in [-0.1, -0.05) is 17.7 Å². The molecule has 1 fully saturated rings. The number of rotatable bonds is 6. The van der Waals surface area contributed by atoms with E-state index in [1.165, 1.54) is 5.56 Å². The monoisotopic (exact) mass is 292 g/mol. The van der Waals surface area contributed by atoms with Gasteiger partial charge in [-0.2, -0.15) is 0 Å². The van der Waals surface area contributed by atoms with Crippen molar-refractivity contribution >= 4 is 0 Å². The molecule has 1 aliphatic heterocycles. The fourth-order valence-corrected chi connectivity index (χ4v) is 2.64. The molecule has 1 atom stereocenters. The van der Waals surface area contributed by atoms with Gasteiger partial charge in [-0.05, 0) is 32.9 Å². The molecule has 0 aliphatic carbocycles. The average molecular weight is 292 g/mol. The number of hydrogen-bond donors (Lipinski definition) is 1. The van der Waals surface area contributed by atoms with Crippen molar-refractivity contribution in [2.24, 2.45) is 0 Å². The van der Waals surface area contributed by atoms with Crippen LogP contribution in [-0.2, 0) is 0 Å². The van der Waals surface area contributed by atoms with Crippen LogP contribution in [-0.4, -0.2) is 66.4 Å². The highest BCUT2D eigenvalue weighted by Gasteiger charge is 2.20. The van der Waals surface area contributed by atoms with Gasteiger partial charge in [0.15, 0.2) is 0 Å². The van der Waals surface area contributed by atoms with E-state index in [0.29, 0.717) is 19.2 Å². The van der Waals surface area contributed by atoms with Gasteiger partial charge in [0, 0.05) is 38.8 Å². The fourth-order valence-electron chi connectivity index (χ4n) is 2.64. The van der Waals surface area contributed by atoms with E-state index in [-0.39, 0.29) is 0 Å². The molecule has 1 N–H and O–H groups in total. The number of benzene rings is 1. The van der Waals surface area contributed by atoms with Crippen LogP contribution >= 0.6 is 0 Å². The summed E-state index contributed by atoms with van der Waals surface area (Å²) in [7, 11) is 0. The average Bonchev–Trinajstić information content (AvgIpc) is 2.47. The molecule has 118 valence electrons. The molecule has 1 aliphatic rings. The third-order valence-corrected chi connectivity index (χ3v) is 4.07. The molecule has 1 heterocycles. The summed E-state index contributed by atoms with van der Waals surface area (Å²) in [6, 6.07) is 8.55. The SMILES string of the molecule is Cc1ccc(OCC(O)CN2CCN(C(C)C)CC2)cc1. The second kappa shape index (κ2) is 7.78. The van der Waals surface area contributed by atoms with Crippen molar-refractivity contribution < 1.29 is 9.84 Å². The molecule has 4 heteroatoms. The topological polar surface area (TPSA) is 35.9 Å². The number of aryl methyl sites for hydroxylation is 1. The summed E-state index contributed by atoms with van der Waals surface area (Å²) in [4.78, 5) is 4.80. The summed E-state index contributed by atoms with van der Waals surface area (Å²) in [6.45, 7) is 11.8. The molecular formula is C17H28N2O2. The zero-order chi connectivity index (χ0) is 15.2. The molecule has 2 rings (SSSR count). The number of aliphatic hydroxyl groups excluding tert-OH is 1. The molecule has 0 bridgehead atoms. The number of hydrogen-bond acceptors (Lipinski definition) is 4. The summed E-state index contributed by atoms with van der Waals surface area (Å²) in [5, 5.41) is 10.1. The molecule has 1 unspecified atom stereocenters. The van der Waals surface area contributed by atoms with Crippen molar-refractivity contribution in [3.63, 3.8) is 0 Å². The Morgan fingerprint density at radius 2 is 1.71 bits per heavy atom. The van der Waals surface area contributed by atoms with Crippen LogP contribution < -0.4 is 4.74 Å². The Kier molecular flexibility index (Phi) is 6.03. The first-order valence-corrected chi connectivity index (χ1v) is 7.88. The molecule has 0 amide bonds. The highest BCUT2D eigenvalue weighted by atomic mass is 16.5. The van der Waals surface area contributed by atoms with Crippen LogP contribution in [0.4, 0.5) is 0 Å². The first-order valence-electron chi connectivity index (χ1n) is 7.88. The van der Waals surface area contributed by atoms with Crippen LogP contribution in [0.1, 0.15) is 19.4 Å². The Balaban J connectivity index is 1.68. The molecule has 0 aromatic heterocycles. The zero-order valence-corrected chi connectivity index (χ0v) is 13.5. The van der Waals surface area contributed by atoms with Crippen molar-refractivity contribution in [1.82, 2.24) is 9.80 Å². The maximum Gasteiger partial charge on any atom is 0.119 e. The van der Waals surface area contributed by atoms with Crippen LogP contribution in [0.2, 0.25) is 0 Å². The van der Waals surface area contributed by atoms with Gasteiger partial charge in [0.2, 0.25) is 0 Å². The summed E-state index contributed by atoms with van der Waals surface area (Å²) in [6.07, 6.45) is -0.433. The van der Waals surface area contributed by atoms with E-state index < -0.39 is 6.10 Å². The van der Waals surface area contributed by atoms with Crippen molar-refractivity contribution in [3.8, 4) is 5.75 Å². The molecule has 21 heavy (non-hydrogen) atoms. The number of nitrogens with zero attached hydrogens (tertiary/aromatic N) is 2. The minimum atomic E-state index is -0.433. The third kappa shape index (κ3) is 5.30. The van der Waals surface area contributed by atoms with Crippen LogP contribution in [0, 0.1) is 6.92 Å². The second-order valence-electron chi connectivity index (χ2n) is 6.21. The van der Waals surface area contributed by atoms with E-state index >= 15 is 0 Å². The third-order valence-electron chi connectivity index (χ3n) is 4.07. The molecule has 1 aromatic carbocycles. The van der Waals surface area contributed by atoms with Gasteiger partial charge in [0.25, 0.3) is 0 Å². The van der Waals surface area contributed by atoms with E-state index in [2.05, 4.69) is 30.6 Å². The normalized spacial score (nSPS) is 18.9. The van der Waals surface area contributed by atoms with Gasteiger partial charge in [0.05, 0.1) is 0 Å². The van der Waals surface area contributed by atoms with E-state index in [1.54, 1.807) is 0 Å². The van der Waals surface area contributed by atoms with Crippen molar-refractivity contribution in [2.75, 3.05) is 39.3 Å². The van der Waals surface area contributed by atoms with Gasteiger partial charge in [0.1, 0.15) is 18.5 Å². The molecule has 1 aromatic rings. The first-order chi connectivity index (χ1) is 10.0. The second-order valence-corrected chi connectivity index (χ2v) is 6.21. The van der Waals surface area contributed by atoms with Crippen LogP contribution in [0.15, 0.2) is 24.3 Å². The highest BCUT2D eigenvalue weighted by Crippen LogP contribution is 2.12. The highest BCUT2D eigenvalue weighted by molar-refractivity contribution is 5.26. The molecule has 4 nitrogen and oxygen atoms in total. The van der Waals surface area contributed by atoms with Crippen LogP contribution in [0.3, 0.4) is 0 Å². The number of piperazine rings is 1. The standard InChI is InChI=1S/C17H28N2O2/c1-14(2)19-10-8-18(9-11-19)12-16(20)13-21-17-6-4-15(3)5-7-17/h4-7,14,16,20H,8-13H2,1-3H3. The maximum absolute atomic E-state index is 10.1. The van der Waals surface area contributed by atoms with Crippen molar-refractivity contribution in [2.45, 2.75) is 32.9 Å². The van der Waals surface area contributed by atoms with Gasteiger partial charge < -0.3 is 9.84 Å². The predicted molar refractivity (Wildman–Crippen MR) is 85.8 cm³/mol. The largest absolute Gasteiger partial charge is 0.491 e. The van der Waals surface area contributed by atoms with E-state index in [1.807, 2.05) is 24.3 Å². The minimum Gasteiger partial charge on any atom is -0.491 e. The quantitative estimate of drug-likeness (QED) is 0.867. The predicted octanol–water partition coefficient (Wildman–Crippen LogP) is 1.76. The molecular weight excluding hydrogens is 264 g/mol.